The molecule has 86 valence electrons. The molecular formula is C8H17N5OS. The van der Waals surface area contributed by atoms with Crippen LogP contribution in [0.5, 0.6) is 0 Å². The van der Waals surface area contributed by atoms with Crippen LogP contribution >= 0.6 is 11.8 Å². The number of aromatic nitrogens is 4. The maximum atomic E-state index is 4.97. The Bertz CT molecular complexity index is 243. The smallest absolute Gasteiger partial charge is 0.209 e. The minimum absolute atomic E-state index is 0.713. The Kier molecular flexibility index (Phi) is 6.29. The van der Waals surface area contributed by atoms with Crippen LogP contribution in [0.1, 0.15) is 6.92 Å². The molecule has 1 aromatic rings. The number of rotatable bonds is 8. The molecule has 0 saturated heterocycles. The van der Waals surface area contributed by atoms with E-state index >= 15 is 0 Å². The van der Waals surface area contributed by atoms with Gasteiger partial charge in [-0.25, -0.2) is 4.68 Å². The normalized spacial score (nSPS) is 10.8. The topological polar surface area (TPSA) is 64.9 Å². The average molecular weight is 231 g/mol. The van der Waals surface area contributed by atoms with Gasteiger partial charge in [-0.15, -0.1) is 5.10 Å². The molecule has 0 saturated carbocycles. The molecule has 1 aromatic heterocycles. The van der Waals surface area contributed by atoms with Crippen LogP contribution in [0, 0.1) is 0 Å². The van der Waals surface area contributed by atoms with E-state index in [0.717, 1.165) is 30.5 Å². The standard InChI is InChI=1S/C8H17N5OS/c1-3-9-4-5-13-8(10-11-12-13)15-7-6-14-2/h9H,3-7H2,1-2H3. The Balaban J connectivity index is 2.32. The molecule has 7 heteroatoms. The zero-order valence-electron chi connectivity index (χ0n) is 9.14. The summed E-state index contributed by atoms with van der Waals surface area (Å²) in [5.41, 5.74) is 0. The van der Waals surface area contributed by atoms with E-state index in [0.29, 0.717) is 6.61 Å². The number of thioether (sulfide) groups is 1. The number of hydrogen-bond acceptors (Lipinski definition) is 6. The maximum absolute atomic E-state index is 4.97. The average Bonchev–Trinajstić information content (AvgIpc) is 2.67. The van der Waals surface area contributed by atoms with Gasteiger partial charge in [0.15, 0.2) is 0 Å². The first-order valence-electron chi connectivity index (χ1n) is 4.97. The zero-order valence-corrected chi connectivity index (χ0v) is 9.96. The molecule has 0 unspecified atom stereocenters. The second kappa shape index (κ2) is 7.61. The zero-order chi connectivity index (χ0) is 10.9. The van der Waals surface area contributed by atoms with E-state index < -0.39 is 0 Å². The predicted molar refractivity (Wildman–Crippen MR) is 59.0 cm³/mol. The van der Waals surface area contributed by atoms with Crippen molar-refractivity contribution >= 4 is 11.8 Å². The van der Waals surface area contributed by atoms with E-state index in [2.05, 4.69) is 27.8 Å². The van der Waals surface area contributed by atoms with Gasteiger partial charge < -0.3 is 10.1 Å². The van der Waals surface area contributed by atoms with Crippen LogP contribution in [0.2, 0.25) is 0 Å². The number of tetrazole rings is 1. The van der Waals surface area contributed by atoms with Crippen molar-refractivity contribution in [2.75, 3.05) is 32.6 Å². The molecule has 0 aliphatic heterocycles. The molecule has 1 heterocycles. The van der Waals surface area contributed by atoms with E-state index in [1.807, 2.05) is 4.68 Å². The fraction of sp³-hybridized carbons (Fsp3) is 0.875. The second-order valence-corrected chi connectivity index (χ2v) is 3.94. The van der Waals surface area contributed by atoms with Gasteiger partial charge in [-0.05, 0) is 17.0 Å². The number of nitrogens with zero attached hydrogens (tertiary/aromatic N) is 4. The molecule has 0 atom stereocenters. The van der Waals surface area contributed by atoms with E-state index in [1.165, 1.54) is 0 Å². The molecule has 0 amide bonds. The van der Waals surface area contributed by atoms with Gasteiger partial charge in [0.25, 0.3) is 0 Å². The molecule has 0 aromatic carbocycles. The summed E-state index contributed by atoms with van der Waals surface area (Å²) < 4.78 is 6.78. The highest BCUT2D eigenvalue weighted by molar-refractivity contribution is 7.99. The minimum Gasteiger partial charge on any atom is -0.384 e. The molecule has 6 nitrogen and oxygen atoms in total. The third-order valence-corrected chi connectivity index (χ3v) is 2.69. The number of ether oxygens (including phenoxy) is 1. The lowest BCUT2D eigenvalue weighted by Gasteiger charge is -2.04. The van der Waals surface area contributed by atoms with Crippen LogP contribution in [-0.4, -0.2) is 52.8 Å². The summed E-state index contributed by atoms with van der Waals surface area (Å²) >= 11 is 1.61. The molecule has 0 aliphatic carbocycles. The molecule has 0 spiro atoms. The molecule has 1 N–H and O–H groups in total. The summed E-state index contributed by atoms with van der Waals surface area (Å²) in [5, 5.41) is 15.6. The third kappa shape index (κ3) is 4.59. The monoisotopic (exact) mass is 231 g/mol. The molecule has 15 heavy (non-hydrogen) atoms. The van der Waals surface area contributed by atoms with Crippen molar-refractivity contribution in [2.24, 2.45) is 0 Å². The van der Waals surface area contributed by atoms with Gasteiger partial charge in [-0.2, -0.15) is 0 Å². The molecule has 0 fully saturated rings. The van der Waals surface area contributed by atoms with Crippen molar-refractivity contribution in [1.82, 2.24) is 25.5 Å². The fourth-order valence-corrected chi connectivity index (χ4v) is 1.82. The van der Waals surface area contributed by atoms with Gasteiger partial charge in [0.1, 0.15) is 0 Å². The lowest BCUT2D eigenvalue weighted by Crippen LogP contribution is -2.20. The van der Waals surface area contributed by atoms with Gasteiger partial charge in [0.2, 0.25) is 5.16 Å². The van der Waals surface area contributed by atoms with Crippen LogP contribution in [0.3, 0.4) is 0 Å². The van der Waals surface area contributed by atoms with E-state index in [-0.39, 0.29) is 0 Å². The predicted octanol–water partition coefficient (Wildman–Crippen LogP) is 0.0211. The summed E-state index contributed by atoms with van der Waals surface area (Å²) in [6, 6.07) is 0. The first-order valence-corrected chi connectivity index (χ1v) is 5.95. The van der Waals surface area contributed by atoms with Crippen molar-refractivity contribution in [3.8, 4) is 0 Å². The Morgan fingerprint density at radius 3 is 3.13 bits per heavy atom. The van der Waals surface area contributed by atoms with Gasteiger partial charge in [0, 0.05) is 19.4 Å². The fourth-order valence-electron chi connectivity index (χ4n) is 1.02. The quantitative estimate of drug-likeness (QED) is 0.503. The van der Waals surface area contributed by atoms with E-state index in [4.69, 9.17) is 4.74 Å². The Morgan fingerprint density at radius 2 is 2.40 bits per heavy atom. The largest absolute Gasteiger partial charge is 0.384 e. The molecular weight excluding hydrogens is 214 g/mol. The number of nitrogens with one attached hydrogen (secondary N) is 1. The van der Waals surface area contributed by atoms with Crippen molar-refractivity contribution in [3.05, 3.63) is 0 Å². The van der Waals surface area contributed by atoms with Gasteiger partial charge in [-0.1, -0.05) is 18.7 Å². The highest BCUT2D eigenvalue weighted by Crippen LogP contribution is 2.12. The molecule has 1 rings (SSSR count). The van der Waals surface area contributed by atoms with Crippen LogP contribution in [-0.2, 0) is 11.3 Å². The van der Waals surface area contributed by atoms with Crippen LogP contribution in [0.25, 0.3) is 0 Å². The Morgan fingerprint density at radius 1 is 1.53 bits per heavy atom. The number of hydrogen-bond donors (Lipinski definition) is 1. The lowest BCUT2D eigenvalue weighted by molar-refractivity contribution is 0.218. The van der Waals surface area contributed by atoms with Gasteiger partial charge >= 0.3 is 0 Å². The minimum atomic E-state index is 0.713. The summed E-state index contributed by atoms with van der Waals surface area (Å²) in [6.45, 7) is 5.45. The highest BCUT2D eigenvalue weighted by Gasteiger charge is 2.05. The SMILES string of the molecule is CCNCCn1nnnc1SCCOC. The van der Waals surface area contributed by atoms with E-state index in [9.17, 15) is 0 Å². The summed E-state index contributed by atoms with van der Waals surface area (Å²) in [7, 11) is 1.69. The van der Waals surface area contributed by atoms with E-state index in [1.54, 1.807) is 18.9 Å². The Labute approximate surface area is 93.8 Å². The van der Waals surface area contributed by atoms with Crippen LogP contribution in [0.15, 0.2) is 5.16 Å². The van der Waals surface area contributed by atoms with Crippen molar-refractivity contribution in [2.45, 2.75) is 18.6 Å². The maximum Gasteiger partial charge on any atom is 0.209 e. The Hall–Kier alpha value is -0.660. The molecule has 0 radical (unpaired) electrons. The molecule has 0 aliphatic rings. The first-order chi connectivity index (χ1) is 7.38. The summed E-state index contributed by atoms with van der Waals surface area (Å²) in [4.78, 5) is 0. The second-order valence-electron chi connectivity index (χ2n) is 2.88. The number of methoxy groups -OCH3 is 1. The summed E-state index contributed by atoms with van der Waals surface area (Å²) in [5.74, 6) is 0.873. The van der Waals surface area contributed by atoms with Crippen molar-refractivity contribution < 1.29 is 4.74 Å². The van der Waals surface area contributed by atoms with Crippen LogP contribution < -0.4 is 5.32 Å². The van der Waals surface area contributed by atoms with Crippen LogP contribution in [0.4, 0.5) is 0 Å². The van der Waals surface area contributed by atoms with Crippen molar-refractivity contribution in [3.63, 3.8) is 0 Å². The third-order valence-electron chi connectivity index (χ3n) is 1.77. The molecule has 0 bridgehead atoms. The number of likely N-dealkylation sites (N-methyl/N-ethyl adjacent to an activating group) is 1. The first kappa shape index (κ1) is 12.4. The highest BCUT2D eigenvalue weighted by atomic mass is 32.2. The summed E-state index contributed by atoms with van der Waals surface area (Å²) in [6.07, 6.45) is 0. The van der Waals surface area contributed by atoms with Crippen molar-refractivity contribution in [1.29, 1.82) is 0 Å². The van der Waals surface area contributed by atoms with Gasteiger partial charge in [0.05, 0.1) is 13.2 Å². The lowest BCUT2D eigenvalue weighted by atomic mass is 10.6. The van der Waals surface area contributed by atoms with Gasteiger partial charge in [-0.3, -0.25) is 0 Å².